The summed E-state index contributed by atoms with van der Waals surface area (Å²) in [6.07, 6.45) is 1.13. The van der Waals surface area contributed by atoms with Gasteiger partial charge in [-0.15, -0.1) is 0 Å². The lowest BCUT2D eigenvalue weighted by Crippen LogP contribution is -2.43. The van der Waals surface area contributed by atoms with E-state index in [0.717, 1.165) is 0 Å². The van der Waals surface area contributed by atoms with Gasteiger partial charge in [0.05, 0.1) is 39.4 Å². The van der Waals surface area contributed by atoms with Gasteiger partial charge < -0.3 is 24.3 Å². The normalized spacial score (nSPS) is 22.4. The van der Waals surface area contributed by atoms with E-state index in [0.29, 0.717) is 52.4 Å². The minimum atomic E-state index is -0.950. The highest BCUT2D eigenvalue weighted by Crippen LogP contribution is 2.48. The van der Waals surface area contributed by atoms with Crippen LogP contribution in [0.15, 0.2) is 40.7 Å². The van der Waals surface area contributed by atoms with Crippen molar-refractivity contribution in [2.75, 3.05) is 27.9 Å². The van der Waals surface area contributed by atoms with Crippen LogP contribution in [-0.2, 0) is 23.9 Å². The van der Waals surface area contributed by atoms with Crippen LogP contribution < -0.4 is 14.8 Å². The molecule has 0 saturated heterocycles. The molecule has 0 saturated carbocycles. The van der Waals surface area contributed by atoms with Crippen molar-refractivity contribution in [2.45, 2.75) is 39.5 Å². The van der Waals surface area contributed by atoms with Crippen molar-refractivity contribution in [1.82, 2.24) is 5.32 Å². The Labute approximate surface area is 193 Å². The molecule has 0 fully saturated rings. The lowest BCUT2D eigenvalue weighted by atomic mass is 9.69. The highest BCUT2D eigenvalue weighted by molar-refractivity contribution is 6.12. The summed E-state index contributed by atoms with van der Waals surface area (Å²) < 4.78 is 21.3. The molecule has 1 heterocycles. The quantitative estimate of drug-likeness (QED) is 0.492. The minimum absolute atomic E-state index is 0.254. The zero-order valence-corrected chi connectivity index (χ0v) is 19.9. The molecule has 178 valence electrons. The second-order valence-electron chi connectivity index (χ2n) is 8.28. The molecule has 0 amide bonds. The lowest BCUT2D eigenvalue weighted by Gasteiger charge is -2.38. The van der Waals surface area contributed by atoms with E-state index >= 15 is 0 Å². The van der Waals surface area contributed by atoms with Gasteiger partial charge in [-0.2, -0.15) is 0 Å². The molecule has 0 unspecified atom stereocenters. The zero-order chi connectivity index (χ0) is 24.3. The van der Waals surface area contributed by atoms with Gasteiger partial charge in [-0.25, -0.2) is 4.79 Å². The van der Waals surface area contributed by atoms with Crippen LogP contribution >= 0.6 is 0 Å². The minimum Gasteiger partial charge on any atom is -0.497 e. The molecule has 1 aliphatic heterocycles. The number of benzene rings is 1. The topological polar surface area (TPSA) is 100 Å². The number of carbonyl (C=O) groups excluding carboxylic acids is 3. The number of rotatable bonds is 7. The molecule has 1 aromatic rings. The number of hydrogen-bond donors (Lipinski definition) is 1. The molecule has 3 atom stereocenters. The first kappa shape index (κ1) is 24.4. The van der Waals surface area contributed by atoms with Crippen LogP contribution in [0.25, 0.3) is 0 Å². The maximum absolute atomic E-state index is 13.7. The fourth-order valence-corrected chi connectivity index (χ4v) is 4.59. The van der Waals surface area contributed by atoms with Gasteiger partial charge >= 0.3 is 11.9 Å². The van der Waals surface area contributed by atoms with Crippen LogP contribution in [0.2, 0.25) is 0 Å². The van der Waals surface area contributed by atoms with Gasteiger partial charge in [0.25, 0.3) is 0 Å². The molecule has 0 bridgehead atoms. The summed E-state index contributed by atoms with van der Waals surface area (Å²) in [4.78, 5) is 39.4. The third kappa shape index (κ3) is 4.47. The fourth-order valence-electron chi connectivity index (χ4n) is 4.59. The van der Waals surface area contributed by atoms with Crippen molar-refractivity contribution in [2.24, 2.45) is 11.8 Å². The van der Waals surface area contributed by atoms with E-state index in [2.05, 4.69) is 5.32 Å². The summed E-state index contributed by atoms with van der Waals surface area (Å²) in [6.45, 7) is 5.80. The van der Waals surface area contributed by atoms with Crippen LogP contribution in [0.4, 0.5) is 0 Å². The third-order valence-electron chi connectivity index (χ3n) is 6.15. The molecule has 3 rings (SSSR count). The molecular formula is C25H31NO7. The number of esters is 2. The van der Waals surface area contributed by atoms with E-state index in [1.54, 1.807) is 32.2 Å². The lowest BCUT2D eigenvalue weighted by molar-refractivity contribution is -0.151. The Balaban J connectivity index is 2.23. The summed E-state index contributed by atoms with van der Waals surface area (Å²) >= 11 is 0. The molecule has 33 heavy (non-hydrogen) atoms. The second kappa shape index (κ2) is 10.1. The van der Waals surface area contributed by atoms with Gasteiger partial charge in [0.15, 0.2) is 5.78 Å². The Morgan fingerprint density at radius 3 is 2.48 bits per heavy atom. The number of ketones is 1. The Morgan fingerprint density at radius 1 is 1.15 bits per heavy atom. The van der Waals surface area contributed by atoms with E-state index in [1.165, 1.54) is 14.2 Å². The SMILES string of the molecule is CCCOC(=O)C1=C(C)NC2=C(C(=O)[C@@H](C(=O)OC)[C@H](C)C2)[C@@H]1c1ccc(OC)cc1OC. The second-order valence-corrected chi connectivity index (χ2v) is 8.28. The summed E-state index contributed by atoms with van der Waals surface area (Å²) in [5.41, 5.74) is 2.59. The summed E-state index contributed by atoms with van der Waals surface area (Å²) in [5, 5.41) is 3.24. The molecule has 1 N–H and O–H groups in total. The monoisotopic (exact) mass is 457 g/mol. The van der Waals surface area contributed by atoms with Gasteiger partial charge in [-0.1, -0.05) is 19.9 Å². The number of Topliss-reactive ketones (excluding diaryl/α,β-unsaturated/α-hetero) is 1. The molecule has 0 spiro atoms. The number of dihydropyridines is 1. The number of ether oxygens (including phenoxy) is 4. The average Bonchev–Trinajstić information content (AvgIpc) is 2.80. The van der Waals surface area contributed by atoms with Crippen LogP contribution in [-0.4, -0.2) is 45.7 Å². The zero-order valence-electron chi connectivity index (χ0n) is 19.9. The van der Waals surface area contributed by atoms with Crippen molar-refractivity contribution >= 4 is 17.7 Å². The first-order chi connectivity index (χ1) is 15.8. The van der Waals surface area contributed by atoms with E-state index in [4.69, 9.17) is 18.9 Å². The Kier molecular flexibility index (Phi) is 7.46. The van der Waals surface area contributed by atoms with Crippen LogP contribution in [0.5, 0.6) is 11.5 Å². The van der Waals surface area contributed by atoms with Crippen molar-refractivity contribution in [3.63, 3.8) is 0 Å². The van der Waals surface area contributed by atoms with Gasteiger partial charge in [0.1, 0.15) is 17.4 Å². The molecular weight excluding hydrogens is 426 g/mol. The number of carbonyl (C=O) groups is 3. The third-order valence-corrected chi connectivity index (χ3v) is 6.15. The van der Waals surface area contributed by atoms with E-state index < -0.39 is 23.8 Å². The first-order valence-corrected chi connectivity index (χ1v) is 11.0. The smallest absolute Gasteiger partial charge is 0.336 e. The van der Waals surface area contributed by atoms with Gasteiger partial charge in [0.2, 0.25) is 0 Å². The molecule has 2 aliphatic rings. The van der Waals surface area contributed by atoms with Crippen LogP contribution in [0.3, 0.4) is 0 Å². The van der Waals surface area contributed by atoms with E-state index in [9.17, 15) is 14.4 Å². The fraction of sp³-hybridized carbons (Fsp3) is 0.480. The first-order valence-electron chi connectivity index (χ1n) is 11.0. The van der Waals surface area contributed by atoms with Gasteiger partial charge in [-0.05, 0) is 31.7 Å². The molecule has 8 nitrogen and oxygen atoms in total. The number of methoxy groups -OCH3 is 3. The number of allylic oxidation sites excluding steroid dienone is 3. The molecule has 8 heteroatoms. The van der Waals surface area contributed by atoms with Crippen LogP contribution in [0.1, 0.15) is 45.1 Å². The molecule has 0 aromatic heterocycles. The summed E-state index contributed by atoms with van der Waals surface area (Å²) in [5.74, 6) is -2.39. The van der Waals surface area contributed by atoms with Crippen molar-refractivity contribution < 1.29 is 33.3 Å². The van der Waals surface area contributed by atoms with E-state index in [-0.39, 0.29) is 18.3 Å². The Hall–Kier alpha value is -3.29. The maximum Gasteiger partial charge on any atom is 0.336 e. The predicted octanol–water partition coefficient (Wildman–Crippen LogP) is 3.27. The van der Waals surface area contributed by atoms with Gasteiger partial charge in [-0.3, -0.25) is 9.59 Å². The van der Waals surface area contributed by atoms with E-state index in [1.807, 2.05) is 13.8 Å². The maximum atomic E-state index is 13.7. The molecule has 1 aliphatic carbocycles. The summed E-state index contributed by atoms with van der Waals surface area (Å²) in [7, 11) is 4.33. The predicted molar refractivity (Wildman–Crippen MR) is 121 cm³/mol. The highest BCUT2D eigenvalue weighted by Gasteiger charge is 2.47. The standard InChI is InChI=1S/C25H31NO7/c1-7-10-33-25(29)20-14(3)26-17-11-13(2)19(24(28)32-6)23(27)22(17)21(20)16-9-8-15(30-4)12-18(16)31-5/h8-9,12-13,19,21,26H,7,10-11H2,1-6H3/t13-,19+,21-/m1/s1. The largest absolute Gasteiger partial charge is 0.497 e. The van der Waals surface area contributed by atoms with Crippen molar-refractivity contribution in [3.05, 3.63) is 46.3 Å². The van der Waals surface area contributed by atoms with Crippen molar-refractivity contribution in [1.29, 1.82) is 0 Å². The van der Waals surface area contributed by atoms with Crippen molar-refractivity contribution in [3.8, 4) is 11.5 Å². The molecule has 0 radical (unpaired) electrons. The van der Waals surface area contributed by atoms with Crippen LogP contribution in [0, 0.1) is 11.8 Å². The highest BCUT2D eigenvalue weighted by atomic mass is 16.5. The van der Waals surface area contributed by atoms with Gasteiger partial charge in [0, 0.05) is 28.6 Å². The average molecular weight is 458 g/mol. The number of hydrogen-bond acceptors (Lipinski definition) is 8. The summed E-state index contributed by atoms with van der Waals surface area (Å²) in [6, 6.07) is 5.23. The molecule has 1 aromatic carbocycles. The Bertz CT molecular complexity index is 1020. The number of nitrogens with one attached hydrogen (secondary N) is 1. The Morgan fingerprint density at radius 2 is 1.88 bits per heavy atom.